The van der Waals surface area contributed by atoms with Crippen LogP contribution in [0.5, 0.6) is 11.8 Å². The van der Waals surface area contributed by atoms with Crippen molar-refractivity contribution in [3.63, 3.8) is 0 Å². The molecule has 10 heteroatoms. The van der Waals surface area contributed by atoms with E-state index >= 15 is 4.39 Å². The van der Waals surface area contributed by atoms with Crippen LogP contribution in [0, 0.1) is 11.2 Å². The molecule has 1 saturated carbocycles. The lowest BCUT2D eigenvalue weighted by atomic mass is 9.62. The Bertz CT molecular complexity index is 1790. The zero-order valence-electron chi connectivity index (χ0n) is 25.6. The number of rotatable bonds is 6. The molecule has 8 rings (SSSR count). The van der Waals surface area contributed by atoms with Gasteiger partial charge < -0.3 is 19.8 Å². The summed E-state index contributed by atoms with van der Waals surface area (Å²) in [5.74, 6) is -0.00205. The monoisotopic (exact) mass is 615 g/mol. The van der Waals surface area contributed by atoms with Crippen LogP contribution in [0.3, 0.4) is 0 Å². The number of aryl methyl sites for hydroxylation is 1. The predicted octanol–water partition coefficient (Wildman–Crippen LogP) is 5.95. The van der Waals surface area contributed by atoms with Crippen LogP contribution >= 0.6 is 0 Å². The largest absolute Gasteiger partial charge is 0.508 e. The summed E-state index contributed by atoms with van der Waals surface area (Å²) in [6.07, 6.45) is 6.92. The molecule has 4 fully saturated rings. The van der Waals surface area contributed by atoms with Crippen LogP contribution in [-0.2, 0) is 6.42 Å². The van der Waals surface area contributed by atoms with E-state index in [9.17, 15) is 14.6 Å². The lowest BCUT2D eigenvalue weighted by Crippen LogP contribution is -2.52. The van der Waals surface area contributed by atoms with Gasteiger partial charge in [0.2, 0.25) is 0 Å². The standard InChI is InChI=1S/C35H39F2N5O3/c1-2-21-6-3-7-22-12-24(43)13-26(28(21)22)30-29(37)31-27(17-38-30)32(41-10-4-8-34(19-41)15-25(44)16-34)40-33(39-31)45-20-35-9-5-11-42(35)18-23(36)14-35/h3,6-7,12-13,17,23,25,43-44H,2,4-5,8-11,14-16,18-20H2,1H3/t23-,25?,34?,35+/m1/s1. The van der Waals surface area contributed by atoms with E-state index in [1.807, 2.05) is 25.1 Å². The molecular formula is C35H39F2N5O3. The second-order valence-corrected chi connectivity index (χ2v) is 13.8. The van der Waals surface area contributed by atoms with Crippen molar-refractivity contribution in [2.24, 2.45) is 5.41 Å². The van der Waals surface area contributed by atoms with E-state index in [1.165, 1.54) is 0 Å². The van der Waals surface area contributed by atoms with Crippen LogP contribution in [0.1, 0.15) is 57.4 Å². The Kier molecular flexibility index (Phi) is 6.87. The fourth-order valence-corrected chi connectivity index (χ4v) is 8.80. The normalized spacial score (nSPS) is 28.2. The number of benzene rings is 2. The van der Waals surface area contributed by atoms with Gasteiger partial charge >= 0.3 is 6.01 Å². The minimum absolute atomic E-state index is 0.0161. The Labute approximate surface area is 261 Å². The molecule has 8 nitrogen and oxygen atoms in total. The summed E-state index contributed by atoms with van der Waals surface area (Å²) in [6.45, 7) is 4.99. The molecule has 0 radical (unpaired) electrons. The molecule has 45 heavy (non-hydrogen) atoms. The topological polar surface area (TPSA) is 94.8 Å². The molecule has 1 aliphatic carbocycles. The molecule has 2 aromatic heterocycles. The van der Waals surface area contributed by atoms with E-state index in [0.29, 0.717) is 36.3 Å². The molecule has 4 aromatic rings. The smallest absolute Gasteiger partial charge is 0.319 e. The van der Waals surface area contributed by atoms with E-state index in [-0.39, 0.29) is 41.1 Å². The van der Waals surface area contributed by atoms with Gasteiger partial charge in [-0.1, -0.05) is 25.1 Å². The highest BCUT2D eigenvalue weighted by atomic mass is 19.1. The van der Waals surface area contributed by atoms with Crippen molar-refractivity contribution >= 4 is 27.5 Å². The van der Waals surface area contributed by atoms with Crippen molar-refractivity contribution < 1.29 is 23.7 Å². The highest BCUT2D eigenvalue weighted by molar-refractivity contribution is 6.01. The maximum absolute atomic E-state index is 16.9. The van der Waals surface area contributed by atoms with Crippen molar-refractivity contribution in [2.75, 3.05) is 37.7 Å². The van der Waals surface area contributed by atoms with Gasteiger partial charge in [0.15, 0.2) is 5.82 Å². The number of phenolic OH excluding ortho intramolecular Hbond substituents is 1. The number of fused-ring (bicyclic) bond motifs is 3. The first-order valence-electron chi connectivity index (χ1n) is 16.3. The summed E-state index contributed by atoms with van der Waals surface area (Å²) in [5.41, 5.74) is 1.37. The summed E-state index contributed by atoms with van der Waals surface area (Å²) in [6, 6.07) is 9.17. The van der Waals surface area contributed by atoms with Gasteiger partial charge in [-0.2, -0.15) is 9.97 Å². The first kappa shape index (κ1) is 28.8. The van der Waals surface area contributed by atoms with Crippen molar-refractivity contribution in [3.8, 4) is 23.0 Å². The molecule has 2 atom stereocenters. The van der Waals surface area contributed by atoms with Gasteiger partial charge in [0, 0.05) is 37.8 Å². The molecule has 0 bridgehead atoms. The second kappa shape index (κ2) is 10.7. The molecule has 1 spiro atoms. The van der Waals surface area contributed by atoms with Crippen LogP contribution in [0.2, 0.25) is 0 Å². The number of piperidine rings is 1. The van der Waals surface area contributed by atoms with E-state index in [2.05, 4.69) is 19.8 Å². The van der Waals surface area contributed by atoms with Gasteiger partial charge in [-0.25, -0.2) is 8.78 Å². The summed E-state index contributed by atoms with van der Waals surface area (Å²) >= 11 is 0. The van der Waals surface area contributed by atoms with Crippen LogP contribution in [0.4, 0.5) is 14.6 Å². The van der Waals surface area contributed by atoms with Gasteiger partial charge in [-0.05, 0) is 85.4 Å². The number of ether oxygens (including phenoxy) is 1. The van der Waals surface area contributed by atoms with Crippen molar-refractivity contribution in [3.05, 3.63) is 47.9 Å². The fourth-order valence-electron chi connectivity index (χ4n) is 8.80. The Morgan fingerprint density at radius 3 is 2.76 bits per heavy atom. The Morgan fingerprint density at radius 2 is 1.93 bits per heavy atom. The zero-order chi connectivity index (χ0) is 30.9. The van der Waals surface area contributed by atoms with Crippen LogP contribution in [-0.4, -0.2) is 80.7 Å². The van der Waals surface area contributed by atoms with E-state index < -0.39 is 17.5 Å². The van der Waals surface area contributed by atoms with Crippen LogP contribution in [0.25, 0.3) is 32.9 Å². The number of anilines is 1. The molecule has 4 aliphatic rings. The highest BCUT2D eigenvalue weighted by Crippen LogP contribution is 2.49. The summed E-state index contributed by atoms with van der Waals surface area (Å²) in [5, 5.41) is 22.9. The average Bonchev–Trinajstić information content (AvgIpc) is 3.54. The predicted molar refractivity (Wildman–Crippen MR) is 169 cm³/mol. The third-order valence-corrected chi connectivity index (χ3v) is 10.9. The average molecular weight is 616 g/mol. The number of alkyl halides is 1. The Morgan fingerprint density at radius 1 is 1.09 bits per heavy atom. The molecule has 0 amide bonds. The fraction of sp³-hybridized carbons (Fsp3) is 0.514. The van der Waals surface area contributed by atoms with Crippen LogP contribution in [0.15, 0.2) is 36.5 Å². The number of halogens is 2. The SMILES string of the molecule is CCc1cccc2cc(O)cc(-c3ncc4c(N5CCCC6(CC(O)C6)C5)nc(OC[C@@]56CCCN5C[C@H](F)C6)nc4c3F)c12. The number of hydrogen-bond donors (Lipinski definition) is 2. The number of phenols is 1. The van der Waals surface area contributed by atoms with Crippen LogP contribution < -0.4 is 9.64 Å². The summed E-state index contributed by atoms with van der Waals surface area (Å²) < 4.78 is 37.7. The number of aromatic hydroxyl groups is 1. The molecule has 2 aromatic carbocycles. The minimum atomic E-state index is -0.888. The van der Waals surface area contributed by atoms with Gasteiger partial charge in [0.25, 0.3) is 0 Å². The number of nitrogens with zero attached hydrogens (tertiary/aromatic N) is 5. The third kappa shape index (κ3) is 4.79. The molecule has 0 unspecified atom stereocenters. The molecule has 5 heterocycles. The first-order valence-corrected chi connectivity index (χ1v) is 16.3. The molecular weight excluding hydrogens is 576 g/mol. The number of hydrogen-bond acceptors (Lipinski definition) is 8. The molecule has 3 aliphatic heterocycles. The molecule has 2 N–H and O–H groups in total. The first-order chi connectivity index (χ1) is 21.8. The van der Waals surface area contributed by atoms with Gasteiger partial charge in [0.1, 0.15) is 35.6 Å². The van der Waals surface area contributed by atoms with E-state index in [1.54, 1.807) is 18.3 Å². The number of aliphatic hydroxyl groups is 1. The number of aromatic nitrogens is 3. The van der Waals surface area contributed by atoms with Gasteiger partial charge in [-0.15, -0.1) is 0 Å². The number of aliphatic hydroxyl groups excluding tert-OH is 1. The Hall–Kier alpha value is -3.63. The van der Waals surface area contributed by atoms with E-state index in [0.717, 1.165) is 74.4 Å². The summed E-state index contributed by atoms with van der Waals surface area (Å²) in [4.78, 5) is 18.5. The lowest BCUT2D eigenvalue weighted by Gasteiger charge is -2.51. The quantitative estimate of drug-likeness (QED) is 0.275. The van der Waals surface area contributed by atoms with Crippen molar-refractivity contribution in [2.45, 2.75) is 76.1 Å². The maximum atomic E-state index is 16.9. The van der Waals surface area contributed by atoms with Gasteiger partial charge in [0.05, 0.1) is 17.0 Å². The van der Waals surface area contributed by atoms with E-state index in [4.69, 9.17) is 9.72 Å². The summed E-state index contributed by atoms with van der Waals surface area (Å²) in [7, 11) is 0. The Balaban J connectivity index is 1.25. The van der Waals surface area contributed by atoms with Crippen molar-refractivity contribution in [1.82, 2.24) is 19.9 Å². The zero-order valence-corrected chi connectivity index (χ0v) is 25.6. The van der Waals surface area contributed by atoms with Gasteiger partial charge in [-0.3, -0.25) is 9.88 Å². The highest BCUT2D eigenvalue weighted by Gasteiger charge is 2.50. The lowest BCUT2D eigenvalue weighted by molar-refractivity contribution is -0.0396. The molecule has 236 valence electrons. The second-order valence-electron chi connectivity index (χ2n) is 13.8. The number of pyridine rings is 1. The van der Waals surface area contributed by atoms with Crippen molar-refractivity contribution in [1.29, 1.82) is 0 Å². The third-order valence-electron chi connectivity index (χ3n) is 10.9. The maximum Gasteiger partial charge on any atom is 0.319 e. The molecule has 3 saturated heterocycles. The minimum Gasteiger partial charge on any atom is -0.508 e.